The number of fused-ring (bicyclic) bond motifs is 4. The summed E-state index contributed by atoms with van der Waals surface area (Å²) in [5.74, 6) is -2.92. The SMILES string of the molecule is O=C(C1=C[C@@H]2[C@@H]3C(=O)N(c4cccc5ccccc45)C(=O)[C@@H]3[C@@H](C(=O)c3ccc(Br)cc3)N2C=C1)c1ccccc1. The van der Waals surface area contributed by atoms with E-state index in [0.29, 0.717) is 22.4 Å². The van der Waals surface area contributed by atoms with E-state index in [1.807, 2.05) is 42.5 Å². The van der Waals surface area contributed by atoms with E-state index in [9.17, 15) is 19.2 Å². The third-order valence-corrected chi connectivity index (χ3v) is 8.78. The Hall–Kier alpha value is -4.62. The van der Waals surface area contributed by atoms with Gasteiger partial charge in [-0.2, -0.15) is 0 Å². The molecule has 3 aliphatic heterocycles. The number of rotatable bonds is 5. The monoisotopic (exact) mass is 602 g/mol. The maximum atomic E-state index is 14.2. The normalized spacial score (nSPS) is 23.0. The first-order valence-corrected chi connectivity index (χ1v) is 14.2. The number of ketones is 2. The van der Waals surface area contributed by atoms with E-state index in [4.69, 9.17) is 0 Å². The molecule has 0 aliphatic carbocycles. The van der Waals surface area contributed by atoms with E-state index < -0.39 is 29.8 Å². The second kappa shape index (κ2) is 9.78. The summed E-state index contributed by atoms with van der Waals surface area (Å²) in [5.41, 5.74) is 1.91. The van der Waals surface area contributed by atoms with Crippen molar-refractivity contribution >= 4 is 55.8 Å². The number of imide groups is 1. The molecule has 0 bridgehead atoms. The molecule has 0 aromatic heterocycles. The first-order valence-electron chi connectivity index (χ1n) is 13.4. The van der Waals surface area contributed by atoms with Crippen molar-refractivity contribution in [3.8, 4) is 0 Å². The summed E-state index contributed by atoms with van der Waals surface area (Å²) in [5, 5.41) is 1.69. The number of hydrogen-bond donors (Lipinski definition) is 0. The van der Waals surface area contributed by atoms with Gasteiger partial charge in [-0.1, -0.05) is 101 Å². The molecule has 0 spiro atoms. The molecular weight excluding hydrogens is 580 g/mol. The van der Waals surface area contributed by atoms with Gasteiger partial charge >= 0.3 is 0 Å². The maximum Gasteiger partial charge on any atom is 0.240 e. The largest absolute Gasteiger partial charge is 0.359 e. The standard InChI is InChI=1S/C34H23BrN2O4/c35-24-15-13-22(14-16-24)32(39)30-29-28(27-19-23(17-18-36(27)30)31(38)21-8-2-1-3-9-21)33(40)37(34(29)41)26-12-6-10-20-7-4-5-11-25(20)26/h1-19,27-30H/t27-,28+,29+,30+/m1/s1. The molecule has 6 nitrogen and oxygen atoms in total. The van der Waals surface area contributed by atoms with Crippen LogP contribution in [0.3, 0.4) is 0 Å². The average Bonchev–Trinajstić information content (AvgIpc) is 3.48. The van der Waals surface area contributed by atoms with Crippen LogP contribution in [0.2, 0.25) is 0 Å². The van der Waals surface area contributed by atoms with Crippen LogP contribution in [0.5, 0.6) is 0 Å². The molecule has 0 saturated carbocycles. The molecule has 7 rings (SSSR count). The summed E-state index contributed by atoms with van der Waals surface area (Å²) in [6.45, 7) is 0. The van der Waals surface area contributed by atoms with Gasteiger partial charge in [0.25, 0.3) is 0 Å². The lowest BCUT2D eigenvalue weighted by molar-refractivity contribution is -0.123. The maximum absolute atomic E-state index is 14.2. The molecule has 4 aromatic carbocycles. The summed E-state index contributed by atoms with van der Waals surface area (Å²) in [6, 6.07) is 27.5. The van der Waals surface area contributed by atoms with Crippen LogP contribution in [0.15, 0.2) is 125 Å². The van der Waals surface area contributed by atoms with Gasteiger partial charge in [-0.25, -0.2) is 4.90 Å². The Kier molecular flexibility index (Phi) is 6.05. The summed E-state index contributed by atoms with van der Waals surface area (Å²) < 4.78 is 0.829. The Balaban J connectivity index is 1.34. The third-order valence-electron chi connectivity index (χ3n) is 8.25. The molecule has 200 valence electrons. The van der Waals surface area contributed by atoms with Gasteiger partial charge in [0.15, 0.2) is 11.6 Å². The van der Waals surface area contributed by atoms with Crippen molar-refractivity contribution in [2.24, 2.45) is 11.8 Å². The first-order chi connectivity index (χ1) is 19.9. The molecular formula is C34H23BrN2O4. The fourth-order valence-electron chi connectivity index (χ4n) is 6.38. The zero-order valence-electron chi connectivity index (χ0n) is 21.7. The number of benzene rings is 4. The van der Waals surface area contributed by atoms with Crippen molar-refractivity contribution in [1.82, 2.24) is 4.90 Å². The van der Waals surface area contributed by atoms with Crippen molar-refractivity contribution in [3.05, 3.63) is 137 Å². The molecule has 0 radical (unpaired) electrons. The number of halogens is 1. The van der Waals surface area contributed by atoms with E-state index in [1.165, 1.54) is 4.90 Å². The molecule has 3 aliphatic rings. The minimum absolute atomic E-state index is 0.177. The highest BCUT2D eigenvalue weighted by Crippen LogP contribution is 2.48. The Bertz CT molecular complexity index is 1810. The summed E-state index contributed by atoms with van der Waals surface area (Å²) in [6.07, 6.45) is 5.12. The second-order valence-corrected chi connectivity index (χ2v) is 11.4. The van der Waals surface area contributed by atoms with Crippen molar-refractivity contribution in [2.75, 3.05) is 4.90 Å². The molecule has 2 amide bonds. The Labute approximate surface area is 244 Å². The molecule has 41 heavy (non-hydrogen) atoms. The number of carbonyl (C=O) groups is 4. The van der Waals surface area contributed by atoms with Crippen LogP contribution >= 0.6 is 15.9 Å². The van der Waals surface area contributed by atoms with Gasteiger partial charge in [-0.05, 0) is 29.7 Å². The van der Waals surface area contributed by atoms with Gasteiger partial charge in [0.2, 0.25) is 11.8 Å². The zero-order chi connectivity index (χ0) is 28.2. The van der Waals surface area contributed by atoms with Crippen LogP contribution < -0.4 is 4.90 Å². The molecule has 3 heterocycles. The van der Waals surface area contributed by atoms with Crippen molar-refractivity contribution in [3.63, 3.8) is 0 Å². The van der Waals surface area contributed by atoms with Crippen LogP contribution in [0, 0.1) is 11.8 Å². The van der Waals surface area contributed by atoms with Crippen molar-refractivity contribution < 1.29 is 19.2 Å². The van der Waals surface area contributed by atoms with E-state index >= 15 is 0 Å². The lowest BCUT2D eigenvalue weighted by Crippen LogP contribution is -2.46. The quantitative estimate of drug-likeness (QED) is 0.207. The van der Waals surface area contributed by atoms with Crippen LogP contribution in [0.1, 0.15) is 20.7 Å². The zero-order valence-corrected chi connectivity index (χ0v) is 23.3. The highest BCUT2D eigenvalue weighted by atomic mass is 79.9. The summed E-state index contributed by atoms with van der Waals surface area (Å²) in [7, 11) is 0. The molecule has 0 N–H and O–H groups in total. The van der Waals surface area contributed by atoms with Crippen molar-refractivity contribution in [1.29, 1.82) is 0 Å². The van der Waals surface area contributed by atoms with Gasteiger partial charge in [0.1, 0.15) is 6.04 Å². The summed E-state index contributed by atoms with van der Waals surface area (Å²) >= 11 is 3.41. The van der Waals surface area contributed by atoms with Crippen LogP contribution in [0.4, 0.5) is 5.69 Å². The van der Waals surface area contributed by atoms with E-state index in [1.54, 1.807) is 77.8 Å². The molecule has 7 heteroatoms. The molecule has 2 fully saturated rings. The van der Waals surface area contributed by atoms with Gasteiger partial charge < -0.3 is 4.90 Å². The van der Waals surface area contributed by atoms with Gasteiger partial charge in [-0.15, -0.1) is 0 Å². The molecule has 4 atom stereocenters. The first kappa shape index (κ1) is 25.4. The Morgan fingerprint density at radius 2 is 1.39 bits per heavy atom. The van der Waals surface area contributed by atoms with Gasteiger partial charge in [0, 0.05) is 32.8 Å². The highest BCUT2D eigenvalue weighted by molar-refractivity contribution is 9.10. The van der Waals surface area contributed by atoms with E-state index in [-0.39, 0.29) is 17.5 Å². The van der Waals surface area contributed by atoms with Crippen LogP contribution in [-0.4, -0.2) is 40.4 Å². The van der Waals surface area contributed by atoms with Crippen LogP contribution in [-0.2, 0) is 9.59 Å². The Morgan fingerprint density at radius 1 is 0.707 bits per heavy atom. The molecule has 4 aromatic rings. The second-order valence-electron chi connectivity index (χ2n) is 10.4. The topological polar surface area (TPSA) is 74.8 Å². The number of amides is 2. The minimum atomic E-state index is -0.908. The van der Waals surface area contributed by atoms with Gasteiger partial charge in [-0.3, -0.25) is 19.2 Å². The lowest BCUT2D eigenvalue weighted by Gasteiger charge is -2.33. The fourth-order valence-corrected chi connectivity index (χ4v) is 6.64. The minimum Gasteiger partial charge on any atom is -0.359 e. The number of allylic oxidation sites excluding steroid dienone is 2. The van der Waals surface area contributed by atoms with E-state index in [2.05, 4.69) is 15.9 Å². The Morgan fingerprint density at radius 3 is 2.17 bits per heavy atom. The van der Waals surface area contributed by atoms with Gasteiger partial charge in [0.05, 0.1) is 23.6 Å². The highest BCUT2D eigenvalue weighted by Gasteiger charge is 2.63. The predicted octanol–water partition coefficient (Wildman–Crippen LogP) is 5.98. The number of anilines is 1. The van der Waals surface area contributed by atoms with E-state index in [0.717, 1.165) is 15.2 Å². The number of nitrogens with zero attached hydrogens (tertiary/aromatic N) is 2. The lowest BCUT2D eigenvalue weighted by atomic mass is 9.85. The average molecular weight is 603 g/mol. The predicted molar refractivity (Wildman–Crippen MR) is 159 cm³/mol. The third kappa shape index (κ3) is 3.99. The number of Topliss-reactive ketones (excluding diaryl/α,β-unsaturated/α-hetero) is 2. The molecule has 2 saturated heterocycles. The number of carbonyl (C=O) groups excluding carboxylic acids is 4. The van der Waals surface area contributed by atoms with Crippen LogP contribution in [0.25, 0.3) is 10.8 Å². The molecule has 0 unspecified atom stereocenters. The number of hydrogen-bond acceptors (Lipinski definition) is 5. The summed E-state index contributed by atoms with van der Waals surface area (Å²) in [4.78, 5) is 58.9. The van der Waals surface area contributed by atoms with Crippen molar-refractivity contribution in [2.45, 2.75) is 12.1 Å². The fraction of sp³-hybridized carbons (Fsp3) is 0.118. The smallest absolute Gasteiger partial charge is 0.240 e.